The van der Waals surface area contributed by atoms with Crippen LogP contribution >= 0.6 is 0 Å². The number of likely N-dealkylation sites (tertiary alicyclic amines) is 1. The van der Waals surface area contributed by atoms with Gasteiger partial charge < -0.3 is 15.4 Å². The molecule has 3 aromatic rings. The number of nitrogen functional groups attached to an aromatic ring is 1. The first-order valence-electron chi connectivity index (χ1n) is 11.1. The summed E-state index contributed by atoms with van der Waals surface area (Å²) in [5.41, 5.74) is 6.35. The molecule has 0 unspecified atom stereocenters. The second-order valence-electron chi connectivity index (χ2n) is 9.06. The van der Waals surface area contributed by atoms with Crippen LogP contribution in [0.1, 0.15) is 38.9 Å². The molecule has 12 heteroatoms. The number of nitrogens with two attached hydrogens (primary N) is 1. The predicted molar refractivity (Wildman–Crippen MR) is 130 cm³/mol. The minimum Gasteiger partial charge on any atom is -0.444 e. The minimum absolute atomic E-state index is 0.116. The lowest BCUT2D eigenvalue weighted by Gasteiger charge is -2.24. The van der Waals surface area contributed by atoms with Gasteiger partial charge in [0.05, 0.1) is 22.9 Å². The van der Waals surface area contributed by atoms with Crippen LogP contribution in [-0.2, 0) is 14.8 Å². The average Bonchev–Trinajstić information content (AvgIpc) is 3.42. The molecule has 1 fully saturated rings. The summed E-state index contributed by atoms with van der Waals surface area (Å²) < 4.78 is 34.4. The number of hydrogen-bond donors (Lipinski definition) is 2. The van der Waals surface area contributed by atoms with Crippen LogP contribution in [0.3, 0.4) is 0 Å². The number of rotatable bonds is 4. The smallest absolute Gasteiger partial charge is 0.410 e. The third-order valence-electron chi connectivity index (χ3n) is 5.29. The summed E-state index contributed by atoms with van der Waals surface area (Å²) in [5.74, 6) is 5.90. The van der Waals surface area contributed by atoms with Crippen LogP contribution in [0.4, 0.5) is 10.6 Å². The number of sulfonamides is 1. The molecule has 0 radical (unpaired) electrons. The van der Waals surface area contributed by atoms with Crippen molar-refractivity contribution < 1.29 is 17.9 Å². The lowest BCUT2D eigenvalue weighted by molar-refractivity contribution is 0.0288. The molecule has 0 saturated carbocycles. The van der Waals surface area contributed by atoms with E-state index in [4.69, 9.17) is 10.5 Å². The Bertz CT molecular complexity index is 1400. The number of amides is 1. The van der Waals surface area contributed by atoms with Crippen LogP contribution in [0.5, 0.6) is 0 Å². The summed E-state index contributed by atoms with van der Waals surface area (Å²) in [6, 6.07) is 7.90. The quantitative estimate of drug-likeness (QED) is 0.520. The Balaban J connectivity index is 1.54. The van der Waals surface area contributed by atoms with Crippen LogP contribution in [-0.4, -0.2) is 64.4 Å². The third kappa shape index (κ3) is 5.52. The van der Waals surface area contributed by atoms with Crippen molar-refractivity contribution in [2.75, 3.05) is 25.4 Å². The van der Waals surface area contributed by atoms with Crippen molar-refractivity contribution in [3.8, 4) is 11.8 Å². The number of nitrogens with one attached hydrogen (secondary N) is 1. The van der Waals surface area contributed by atoms with Gasteiger partial charge in [-0.1, -0.05) is 24.1 Å². The predicted octanol–water partition coefficient (Wildman–Crippen LogP) is 1.92. The highest BCUT2D eigenvalue weighted by atomic mass is 32.2. The van der Waals surface area contributed by atoms with Gasteiger partial charge in [0, 0.05) is 13.1 Å². The van der Waals surface area contributed by atoms with Gasteiger partial charge in [0.15, 0.2) is 5.65 Å². The van der Waals surface area contributed by atoms with Gasteiger partial charge in [-0.3, -0.25) is 0 Å². The summed E-state index contributed by atoms with van der Waals surface area (Å²) in [4.78, 5) is 22.6. The summed E-state index contributed by atoms with van der Waals surface area (Å²) in [5, 5.41) is 5.08. The van der Waals surface area contributed by atoms with E-state index in [0.29, 0.717) is 36.2 Å². The maximum absolute atomic E-state index is 12.5. The van der Waals surface area contributed by atoms with Gasteiger partial charge in [0.1, 0.15) is 23.4 Å². The Morgan fingerprint density at radius 1 is 1.26 bits per heavy atom. The van der Waals surface area contributed by atoms with E-state index in [-0.39, 0.29) is 29.4 Å². The SMILES string of the molecule is CC(C)(C)OC(=O)N1CC[C@@H](n2nc(C#CCNS(=O)(=O)c3ccccc3)c3c(N)ncnc32)C1. The molecule has 3 heterocycles. The fourth-order valence-corrected chi connectivity index (χ4v) is 4.66. The Hall–Kier alpha value is -3.69. The van der Waals surface area contributed by atoms with E-state index < -0.39 is 15.6 Å². The minimum atomic E-state index is -3.68. The zero-order valence-corrected chi connectivity index (χ0v) is 20.5. The molecule has 3 N–H and O–H groups in total. The number of fused-ring (bicyclic) bond motifs is 1. The van der Waals surface area contributed by atoms with Crippen LogP contribution in [0, 0.1) is 11.8 Å². The van der Waals surface area contributed by atoms with Gasteiger partial charge in [-0.2, -0.15) is 9.82 Å². The molecule has 0 bridgehead atoms. The molecule has 184 valence electrons. The Kier molecular flexibility index (Phi) is 6.64. The molecule has 0 spiro atoms. The van der Waals surface area contributed by atoms with Gasteiger partial charge in [-0.25, -0.2) is 27.9 Å². The van der Waals surface area contributed by atoms with Crippen molar-refractivity contribution >= 4 is 33.0 Å². The Morgan fingerprint density at radius 2 is 2.00 bits per heavy atom. The summed E-state index contributed by atoms with van der Waals surface area (Å²) in [6.07, 6.45) is 1.63. The number of ether oxygens (including phenoxy) is 1. The second-order valence-corrected chi connectivity index (χ2v) is 10.8. The normalized spacial score (nSPS) is 16.2. The lowest BCUT2D eigenvalue weighted by atomic mass is 10.2. The number of carbonyl (C=O) groups excluding carboxylic acids is 1. The zero-order chi connectivity index (χ0) is 25.2. The number of carbonyl (C=O) groups is 1. The van der Waals surface area contributed by atoms with Gasteiger partial charge in [0.2, 0.25) is 10.0 Å². The molecule has 1 aromatic carbocycles. The topological polar surface area (TPSA) is 145 Å². The monoisotopic (exact) mass is 497 g/mol. The van der Waals surface area contributed by atoms with Crippen molar-refractivity contribution in [3.05, 3.63) is 42.4 Å². The summed E-state index contributed by atoms with van der Waals surface area (Å²) in [6.45, 7) is 6.27. The van der Waals surface area contributed by atoms with Gasteiger partial charge in [-0.05, 0) is 45.2 Å². The summed E-state index contributed by atoms with van der Waals surface area (Å²) in [7, 11) is -3.68. The number of aromatic nitrogens is 4. The molecule has 1 saturated heterocycles. The number of nitrogens with zero attached hydrogens (tertiary/aromatic N) is 5. The standard InChI is InChI=1S/C23H27N7O4S/c1-23(2,3)34-22(31)29-13-11-16(14-29)30-21-19(20(24)25-15-26-21)18(28-30)10-7-12-27-35(32,33)17-8-5-4-6-9-17/h4-6,8-9,15-16,27H,11-14H2,1-3H3,(H2,24,25,26)/t16-/m1/s1. The van der Waals surface area contributed by atoms with Crippen molar-refractivity contribution in [2.24, 2.45) is 0 Å². The van der Waals surface area contributed by atoms with E-state index in [9.17, 15) is 13.2 Å². The number of benzene rings is 1. The van der Waals surface area contributed by atoms with E-state index >= 15 is 0 Å². The number of anilines is 1. The molecule has 1 atom stereocenters. The van der Waals surface area contributed by atoms with Gasteiger partial charge in [-0.15, -0.1) is 0 Å². The van der Waals surface area contributed by atoms with Crippen molar-refractivity contribution in [3.63, 3.8) is 0 Å². The molecule has 35 heavy (non-hydrogen) atoms. The van der Waals surface area contributed by atoms with Crippen molar-refractivity contribution in [2.45, 2.75) is 43.7 Å². The Morgan fingerprint density at radius 3 is 2.71 bits per heavy atom. The maximum Gasteiger partial charge on any atom is 0.410 e. The van der Waals surface area contributed by atoms with Crippen LogP contribution in [0.15, 0.2) is 41.6 Å². The van der Waals surface area contributed by atoms with Crippen molar-refractivity contribution in [1.82, 2.24) is 29.4 Å². The molecule has 1 aliphatic rings. The average molecular weight is 498 g/mol. The molecule has 11 nitrogen and oxygen atoms in total. The highest BCUT2D eigenvalue weighted by Gasteiger charge is 2.32. The van der Waals surface area contributed by atoms with Crippen LogP contribution in [0.25, 0.3) is 11.0 Å². The highest BCUT2D eigenvalue weighted by molar-refractivity contribution is 7.89. The molecule has 1 aliphatic heterocycles. The van der Waals surface area contributed by atoms with Gasteiger partial charge >= 0.3 is 6.09 Å². The first kappa shape index (κ1) is 24.4. The maximum atomic E-state index is 12.5. The van der Waals surface area contributed by atoms with Crippen molar-refractivity contribution in [1.29, 1.82) is 0 Å². The molecule has 4 rings (SSSR count). The molecular weight excluding hydrogens is 470 g/mol. The Labute approximate surface area is 203 Å². The molecule has 0 aliphatic carbocycles. The highest BCUT2D eigenvalue weighted by Crippen LogP contribution is 2.29. The lowest BCUT2D eigenvalue weighted by Crippen LogP contribution is -2.35. The van der Waals surface area contributed by atoms with E-state index in [1.54, 1.807) is 27.8 Å². The van der Waals surface area contributed by atoms with Crippen LogP contribution in [0.2, 0.25) is 0 Å². The first-order chi connectivity index (χ1) is 16.5. The fraction of sp³-hybridized carbons (Fsp3) is 0.391. The first-order valence-corrected chi connectivity index (χ1v) is 12.5. The number of hydrogen-bond acceptors (Lipinski definition) is 8. The fourth-order valence-electron chi connectivity index (χ4n) is 3.71. The second kappa shape index (κ2) is 9.52. The molecule has 1 amide bonds. The molecule has 2 aromatic heterocycles. The third-order valence-corrected chi connectivity index (χ3v) is 6.71. The van der Waals surface area contributed by atoms with E-state index in [1.807, 2.05) is 20.8 Å². The van der Waals surface area contributed by atoms with Crippen LogP contribution < -0.4 is 10.5 Å². The van der Waals surface area contributed by atoms with E-state index in [2.05, 4.69) is 31.6 Å². The van der Waals surface area contributed by atoms with Gasteiger partial charge in [0.25, 0.3) is 0 Å². The van der Waals surface area contributed by atoms with E-state index in [1.165, 1.54) is 18.5 Å². The van der Waals surface area contributed by atoms with E-state index in [0.717, 1.165) is 0 Å². The summed E-state index contributed by atoms with van der Waals surface area (Å²) >= 11 is 0. The molecular formula is C23H27N7O4S. The largest absolute Gasteiger partial charge is 0.444 e. The zero-order valence-electron chi connectivity index (χ0n) is 19.7.